The molecule has 3 heteroatoms. The van der Waals surface area contributed by atoms with Crippen molar-refractivity contribution < 1.29 is 4.42 Å². The molecule has 0 aliphatic carbocycles. The third-order valence-corrected chi connectivity index (χ3v) is 3.70. The molecule has 2 nitrogen and oxygen atoms in total. The van der Waals surface area contributed by atoms with Gasteiger partial charge in [-0.3, -0.25) is 0 Å². The first kappa shape index (κ1) is 13.2. The van der Waals surface area contributed by atoms with E-state index in [9.17, 15) is 0 Å². The molecule has 0 amide bonds. The molecule has 1 atom stereocenters. The maximum absolute atomic E-state index is 6.36. The van der Waals surface area contributed by atoms with Crippen LogP contribution in [0.5, 0.6) is 0 Å². The highest BCUT2D eigenvalue weighted by Crippen LogP contribution is 2.32. The van der Waals surface area contributed by atoms with Gasteiger partial charge < -0.3 is 9.73 Å². The van der Waals surface area contributed by atoms with E-state index < -0.39 is 0 Å². The molecule has 0 aliphatic rings. The Labute approximate surface area is 113 Å². The van der Waals surface area contributed by atoms with E-state index in [2.05, 4.69) is 25.2 Å². The van der Waals surface area contributed by atoms with Crippen molar-refractivity contribution in [3.8, 4) is 0 Å². The molecule has 0 saturated carbocycles. The molecule has 0 saturated heterocycles. The maximum Gasteiger partial charge on any atom is 0.128 e. The number of rotatable bonds is 3. The molecule has 0 fully saturated rings. The first-order valence-electron chi connectivity index (χ1n) is 6.02. The molecule has 0 bridgehead atoms. The fourth-order valence-corrected chi connectivity index (χ4v) is 2.46. The summed E-state index contributed by atoms with van der Waals surface area (Å²) in [6, 6.07) is 6.09. The standard InChI is InChI=1S/C15H18ClNO/c1-9-5-6-18-15(9)14(17-4)12-7-10(2)11(3)8-13(12)16/h5-8,14,17H,1-4H3. The van der Waals surface area contributed by atoms with Crippen molar-refractivity contribution in [3.63, 3.8) is 0 Å². The number of halogens is 1. The SMILES string of the molecule is CNC(c1cc(C)c(C)cc1Cl)c1occc1C. The summed E-state index contributed by atoms with van der Waals surface area (Å²) in [5, 5.41) is 4.04. The van der Waals surface area contributed by atoms with Crippen molar-refractivity contribution in [1.82, 2.24) is 5.32 Å². The second kappa shape index (κ2) is 5.17. The lowest BCUT2D eigenvalue weighted by atomic mass is 9.98. The number of nitrogens with one attached hydrogen (secondary N) is 1. The Kier molecular flexibility index (Phi) is 3.79. The van der Waals surface area contributed by atoms with Gasteiger partial charge in [-0.1, -0.05) is 17.7 Å². The van der Waals surface area contributed by atoms with E-state index in [1.54, 1.807) is 6.26 Å². The number of hydrogen-bond donors (Lipinski definition) is 1. The summed E-state index contributed by atoms with van der Waals surface area (Å²) in [7, 11) is 1.91. The predicted octanol–water partition coefficient (Wildman–Crippen LogP) is 4.17. The third-order valence-electron chi connectivity index (χ3n) is 3.38. The lowest BCUT2D eigenvalue weighted by Crippen LogP contribution is -2.18. The van der Waals surface area contributed by atoms with Crippen LogP contribution in [0.1, 0.15) is 34.1 Å². The highest BCUT2D eigenvalue weighted by atomic mass is 35.5. The van der Waals surface area contributed by atoms with Gasteiger partial charge in [0, 0.05) is 5.02 Å². The smallest absolute Gasteiger partial charge is 0.128 e. The number of benzene rings is 1. The molecule has 1 aromatic heterocycles. The zero-order valence-electron chi connectivity index (χ0n) is 11.2. The zero-order valence-corrected chi connectivity index (χ0v) is 11.9. The minimum Gasteiger partial charge on any atom is -0.467 e. The minimum absolute atomic E-state index is 0.00759. The van der Waals surface area contributed by atoms with Crippen molar-refractivity contribution in [2.75, 3.05) is 7.05 Å². The fraction of sp³-hybridized carbons (Fsp3) is 0.333. The summed E-state index contributed by atoms with van der Waals surface area (Å²) in [4.78, 5) is 0. The first-order valence-corrected chi connectivity index (χ1v) is 6.40. The topological polar surface area (TPSA) is 25.2 Å². The Hall–Kier alpha value is -1.25. The van der Waals surface area contributed by atoms with Gasteiger partial charge >= 0.3 is 0 Å². The Morgan fingerprint density at radius 1 is 1.11 bits per heavy atom. The average molecular weight is 264 g/mol. The summed E-state index contributed by atoms with van der Waals surface area (Å²) < 4.78 is 5.58. The highest BCUT2D eigenvalue weighted by molar-refractivity contribution is 6.31. The average Bonchev–Trinajstić information content (AvgIpc) is 2.73. The summed E-state index contributed by atoms with van der Waals surface area (Å²) in [5.41, 5.74) is 4.62. The molecule has 1 aromatic carbocycles. The zero-order chi connectivity index (χ0) is 13.3. The van der Waals surface area contributed by atoms with Crippen molar-refractivity contribution in [2.45, 2.75) is 26.8 Å². The maximum atomic E-state index is 6.36. The summed E-state index contributed by atoms with van der Waals surface area (Å²) in [6.07, 6.45) is 1.71. The van der Waals surface area contributed by atoms with Crippen LogP contribution in [0, 0.1) is 20.8 Å². The molecular weight excluding hydrogens is 246 g/mol. The number of furan rings is 1. The van der Waals surface area contributed by atoms with E-state index in [4.69, 9.17) is 16.0 Å². The van der Waals surface area contributed by atoms with Crippen molar-refractivity contribution in [3.05, 3.63) is 57.5 Å². The molecular formula is C15H18ClNO. The Morgan fingerprint density at radius 3 is 2.33 bits per heavy atom. The van der Waals surface area contributed by atoms with E-state index in [1.165, 1.54) is 11.1 Å². The van der Waals surface area contributed by atoms with Gasteiger partial charge in [0.05, 0.1) is 12.3 Å². The molecule has 18 heavy (non-hydrogen) atoms. The predicted molar refractivity (Wildman–Crippen MR) is 75.3 cm³/mol. The molecule has 1 unspecified atom stereocenters. The fourth-order valence-electron chi connectivity index (χ4n) is 2.13. The highest BCUT2D eigenvalue weighted by Gasteiger charge is 2.20. The van der Waals surface area contributed by atoms with Crippen LogP contribution < -0.4 is 5.32 Å². The van der Waals surface area contributed by atoms with E-state index in [-0.39, 0.29) is 6.04 Å². The molecule has 1 heterocycles. The second-order valence-electron chi connectivity index (χ2n) is 4.65. The summed E-state index contributed by atoms with van der Waals surface area (Å²) >= 11 is 6.36. The van der Waals surface area contributed by atoms with Crippen LogP contribution in [-0.2, 0) is 0 Å². The van der Waals surface area contributed by atoms with Crippen molar-refractivity contribution in [2.24, 2.45) is 0 Å². The Balaban J connectivity index is 2.52. The third kappa shape index (κ3) is 2.31. The van der Waals surface area contributed by atoms with Gasteiger partial charge in [-0.05, 0) is 62.2 Å². The molecule has 96 valence electrons. The largest absolute Gasteiger partial charge is 0.467 e. The van der Waals surface area contributed by atoms with Gasteiger partial charge in [-0.2, -0.15) is 0 Å². The van der Waals surface area contributed by atoms with E-state index in [1.807, 2.05) is 26.1 Å². The van der Waals surface area contributed by atoms with Crippen LogP contribution in [0.2, 0.25) is 5.02 Å². The lowest BCUT2D eigenvalue weighted by molar-refractivity contribution is 0.460. The van der Waals surface area contributed by atoms with Crippen LogP contribution in [0.25, 0.3) is 0 Å². The van der Waals surface area contributed by atoms with Crippen molar-refractivity contribution >= 4 is 11.6 Å². The lowest BCUT2D eigenvalue weighted by Gasteiger charge is -2.18. The quantitative estimate of drug-likeness (QED) is 0.899. The Morgan fingerprint density at radius 2 is 1.78 bits per heavy atom. The molecule has 0 radical (unpaired) electrons. The summed E-state index contributed by atoms with van der Waals surface area (Å²) in [5.74, 6) is 0.919. The number of aryl methyl sites for hydroxylation is 3. The normalized spacial score (nSPS) is 12.7. The van der Waals surface area contributed by atoms with Gasteiger partial charge in [0.2, 0.25) is 0 Å². The second-order valence-corrected chi connectivity index (χ2v) is 5.05. The van der Waals surface area contributed by atoms with E-state index >= 15 is 0 Å². The number of hydrogen-bond acceptors (Lipinski definition) is 2. The van der Waals surface area contributed by atoms with Crippen LogP contribution >= 0.6 is 11.6 Å². The van der Waals surface area contributed by atoms with Crippen LogP contribution in [0.15, 0.2) is 28.9 Å². The monoisotopic (exact) mass is 263 g/mol. The minimum atomic E-state index is -0.00759. The van der Waals surface area contributed by atoms with Gasteiger partial charge in [-0.25, -0.2) is 0 Å². The first-order chi connectivity index (χ1) is 8.54. The molecule has 1 N–H and O–H groups in total. The molecule has 2 aromatic rings. The van der Waals surface area contributed by atoms with Crippen molar-refractivity contribution in [1.29, 1.82) is 0 Å². The molecule has 2 rings (SSSR count). The molecule has 0 aliphatic heterocycles. The van der Waals surface area contributed by atoms with Crippen LogP contribution in [-0.4, -0.2) is 7.05 Å². The van der Waals surface area contributed by atoms with E-state index in [0.717, 1.165) is 21.9 Å². The van der Waals surface area contributed by atoms with E-state index in [0.29, 0.717) is 0 Å². The van der Waals surface area contributed by atoms with Gasteiger partial charge in [0.25, 0.3) is 0 Å². The van der Waals surface area contributed by atoms with Crippen LogP contribution in [0.3, 0.4) is 0 Å². The summed E-state index contributed by atoms with van der Waals surface area (Å²) in [6.45, 7) is 6.20. The molecule has 0 spiro atoms. The van der Waals surface area contributed by atoms with Gasteiger partial charge in [-0.15, -0.1) is 0 Å². The van der Waals surface area contributed by atoms with Gasteiger partial charge in [0.1, 0.15) is 5.76 Å². The van der Waals surface area contributed by atoms with Crippen LogP contribution in [0.4, 0.5) is 0 Å². The van der Waals surface area contributed by atoms with Gasteiger partial charge in [0.15, 0.2) is 0 Å². The Bertz CT molecular complexity index is 560.